The molecule has 0 saturated carbocycles. The lowest BCUT2D eigenvalue weighted by molar-refractivity contribution is 0.492. The lowest BCUT2D eigenvalue weighted by Crippen LogP contribution is -2.25. The summed E-state index contributed by atoms with van der Waals surface area (Å²) in [6.07, 6.45) is 0. The monoisotopic (exact) mass is 313 g/mol. The van der Waals surface area contributed by atoms with E-state index in [1.165, 1.54) is 37.3 Å². The lowest BCUT2D eigenvalue weighted by Gasteiger charge is -2.21. The minimum absolute atomic E-state index is 0.118. The van der Waals surface area contributed by atoms with Crippen LogP contribution in [0.15, 0.2) is 30.3 Å². The number of aryl methyl sites for hydroxylation is 1. The molecule has 2 aromatic carbocycles. The molecule has 2 rings (SSSR count). The van der Waals surface area contributed by atoms with Gasteiger partial charge in [0, 0.05) is 16.1 Å². The Hall–Kier alpha value is -1.52. The van der Waals surface area contributed by atoms with E-state index in [1.54, 1.807) is 6.92 Å². The van der Waals surface area contributed by atoms with E-state index in [9.17, 15) is 13.2 Å². The van der Waals surface area contributed by atoms with E-state index in [4.69, 9.17) is 11.6 Å². The molecular formula is C16H15ClF3N. The van der Waals surface area contributed by atoms with Crippen LogP contribution in [0.2, 0.25) is 5.02 Å². The van der Waals surface area contributed by atoms with Crippen LogP contribution in [-0.2, 0) is 0 Å². The van der Waals surface area contributed by atoms with Gasteiger partial charge in [0.25, 0.3) is 0 Å². The topological polar surface area (TPSA) is 12.0 Å². The molecule has 0 aliphatic heterocycles. The van der Waals surface area contributed by atoms with Gasteiger partial charge in [0.2, 0.25) is 0 Å². The van der Waals surface area contributed by atoms with Gasteiger partial charge in [-0.2, -0.15) is 0 Å². The summed E-state index contributed by atoms with van der Waals surface area (Å²) in [6, 6.07) is 5.56. The molecule has 0 aliphatic rings. The van der Waals surface area contributed by atoms with Gasteiger partial charge in [0.05, 0.1) is 6.04 Å². The quantitative estimate of drug-likeness (QED) is 0.857. The van der Waals surface area contributed by atoms with Crippen LogP contribution >= 0.6 is 11.6 Å². The maximum absolute atomic E-state index is 14.3. The zero-order chi connectivity index (χ0) is 15.6. The number of benzene rings is 2. The molecule has 0 radical (unpaired) electrons. The number of hydrogen-bond donors (Lipinski definition) is 1. The third kappa shape index (κ3) is 3.22. The molecule has 0 saturated heterocycles. The van der Waals surface area contributed by atoms with E-state index >= 15 is 0 Å². The van der Waals surface area contributed by atoms with Crippen molar-refractivity contribution in [2.75, 3.05) is 6.54 Å². The number of hydrogen-bond acceptors (Lipinski definition) is 1. The molecule has 0 heterocycles. The highest BCUT2D eigenvalue weighted by molar-refractivity contribution is 6.30. The second kappa shape index (κ2) is 6.50. The van der Waals surface area contributed by atoms with Crippen LogP contribution in [0.4, 0.5) is 13.2 Å². The van der Waals surface area contributed by atoms with Gasteiger partial charge in [-0.05, 0) is 43.3 Å². The highest BCUT2D eigenvalue weighted by atomic mass is 35.5. The molecule has 2 aromatic rings. The summed E-state index contributed by atoms with van der Waals surface area (Å²) in [6.45, 7) is 3.74. The molecule has 0 aliphatic carbocycles. The van der Waals surface area contributed by atoms with E-state index in [-0.39, 0.29) is 11.1 Å². The average Bonchev–Trinajstić information content (AvgIpc) is 2.45. The second-order valence-electron chi connectivity index (χ2n) is 4.75. The van der Waals surface area contributed by atoms with Gasteiger partial charge < -0.3 is 5.32 Å². The maximum Gasteiger partial charge on any atom is 0.134 e. The van der Waals surface area contributed by atoms with Gasteiger partial charge in [-0.15, -0.1) is 0 Å². The van der Waals surface area contributed by atoms with Crippen molar-refractivity contribution < 1.29 is 13.2 Å². The normalized spacial score (nSPS) is 12.5. The van der Waals surface area contributed by atoms with Crippen molar-refractivity contribution >= 4 is 11.6 Å². The second-order valence-corrected chi connectivity index (χ2v) is 5.18. The molecule has 1 N–H and O–H groups in total. The van der Waals surface area contributed by atoms with Gasteiger partial charge in [0.1, 0.15) is 17.5 Å². The first kappa shape index (κ1) is 15.9. The molecule has 112 valence electrons. The van der Waals surface area contributed by atoms with E-state index in [2.05, 4.69) is 5.32 Å². The summed E-state index contributed by atoms with van der Waals surface area (Å²) in [5, 5.41) is 3.22. The van der Waals surface area contributed by atoms with Crippen LogP contribution in [-0.4, -0.2) is 6.54 Å². The van der Waals surface area contributed by atoms with Gasteiger partial charge in [-0.25, -0.2) is 13.2 Å². The van der Waals surface area contributed by atoms with Crippen LogP contribution in [0.25, 0.3) is 0 Å². The Morgan fingerprint density at radius 2 is 1.76 bits per heavy atom. The van der Waals surface area contributed by atoms with Crippen LogP contribution in [0, 0.1) is 24.4 Å². The number of nitrogens with one attached hydrogen (secondary N) is 1. The molecule has 0 fully saturated rings. The molecule has 0 bridgehead atoms. The van der Waals surface area contributed by atoms with Gasteiger partial charge >= 0.3 is 0 Å². The zero-order valence-corrected chi connectivity index (χ0v) is 12.4. The van der Waals surface area contributed by atoms with Crippen LogP contribution < -0.4 is 5.32 Å². The molecule has 1 nitrogen and oxygen atoms in total. The highest BCUT2D eigenvalue weighted by Gasteiger charge is 2.25. The third-order valence-corrected chi connectivity index (χ3v) is 3.52. The fourth-order valence-corrected chi connectivity index (χ4v) is 2.43. The Morgan fingerprint density at radius 1 is 1.10 bits per heavy atom. The van der Waals surface area contributed by atoms with Crippen molar-refractivity contribution in [3.63, 3.8) is 0 Å². The molecule has 0 spiro atoms. The van der Waals surface area contributed by atoms with Crippen LogP contribution in [0.1, 0.15) is 29.7 Å². The summed E-state index contributed by atoms with van der Waals surface area (Å²) in [7, 11) is 0. The summed E-state index contributed by atoms with van der Waals surface area (Å²) < 4.78 is 42.5. The largest absolute Gasteiger partial charge is 0.306 e. The molecule has 0 aromatic heterocycles. The smallest absolute Gasteiger partial charge is 0.134 e. The van der Waals surface area contributed by atoms with Crippen LogP contribution in [0.3, 0.4) is 0 Å². The van der Waals surface area contributed by atoms with Crippen molar-refractivity contribution in [1.29, 1.82) is 0 Å². The molecule has 0 amide bonds. The molecular weight excluding hydrogens is 299 g/mol. The third-order valence-electron chi connectivity index (χ3n) is 3.29. The molecule has 1 atom stereocenters. The summed E-state index contributed by atoms with van der Waals surface area (Å²) in [5.41, 5.74) is 0.225. The summed E-state index contributed by atoms with van der Waals surface area (Å²) in [5.74, 6) is -1.96. The standard InChI is InChI=1S/C16H15ClF3N/c1-3-21-16(11-8-10(17)5-7-12(11)18)14-13(19)6-4-9(2)15(14)20/h4-8,16,21H,3H2,1-2H3. The van der Waals surface area contributed by atoms with E-state index in [0.717, 1.165) is 0 Å². The first-order valence-corrected chi connectivity index (χ1v) is 6.96. The Morgan fingerprint density at radius 3 is 2.43 bits per heavy atom. The first-order valence-electron chi connectivity index (χ1n) is 6.58. The van der Waals surface area contributed by atoms with Gasteiger partial charge in [-0.3, -0.25) is 0 Å². The predicted molar refractivity (Wildman–Crippen MR) is 78.0 cm³/mol. The fourth-order valence-electron chi connectivity index (χ4n) is 2.25. The van der Waals surface area contributed by atoms with Crippen molar-refractivity contribution in [3.05, 3.63) is 69.5 Å². The Labute approximate surface area is 126 Å². The lowest BCUT2D eigenvalue weighted by atomic mass is 9.95. The maximum atomic E-state index is 14.3. The Kier molecular flexibility index (Phi) is 4.91. The SMILES string of the molecule is CCNC(c1cc(Cl)ccc1F)c1c(F)ccc(C)c1F. The molecule has 21 heavy (non-hydrogen) atoms. The number of halogens is 4. The van der Waals surface area contributed by atoms with Crippen molar-refractivity contribution in [3.8, 4) is 0 Å². The summed E-state index contributed by atoms with van der Waals surface area (Å²) in [4.78, 5) is 0. The van der Waals surface area contributed by atoms with Crippen LogP contribution in [0.5, 0.6) is 0 Å². The summed E-state index contributed by atoms with van der Waals surface area (Å²) >= 11 is 5.88. The van der Waals surface area contributed by atoms with Crippen molar-refractivity contribution in [1.82, 2.24) is 5.32 Å². The van der Waals surface area contributed by atoms with E-state index in [0.29, 0.717) is 17.1 Å². The minimum Gasteiger partial charge on any atom is -0.306 e. The minimum atomic E-state index is -0.936. The van der Waals surface area contributed by atoms with Crippen molar-refractivity contribution in [2.45, 2.75) is 19.9 Å². The Balaban J connectivity index is 2.64. The highest BCUT2D eigenvalue weighted by Crippen LogP contribution is 2.31. The van der Waals surface area contributed by atoms with Gasteiger partial charge in [-0.1, -0.05) is 24.6 Å². The Bertz CT molecular complexity index is 658. The predicted octanol–water partition coefficient (Wildman–Crippen LogP) is 4.76. The average molecular weight is 314 g/mol. The first-order chi connectivity index (χ1) is 9.95. The van der Waals surface area contributed by atoms with Crippen molar-refractivity contribution in [2.24, 2.45) is 0 Å². The van der Waals surface area contributed by atoms with E-state index in [1.807, 2.05) is 0 Å². The fraction of sp³-hybridized carbons (Fsp3) is 0.250. The number of rotatable bonds is 4. The van der Waals surface area contributed by atoms with Gasteiger partial charge in [0.15, 0.2) is 0 Å². The molecule has 1 unspecified atom stereocenters. The van der Waals surface area contributed by atoms with E-state index < -0.39 is 23.5 Å². The molecule has 5 heteroatoms. The zero-order valence-electron chi connectivity index (χ0n) is 11.7.